The Bertz CT molecular complexity index is 1150. The third kappa shape index (κ3) is 6.01. The van der Waals surface area contributed by atoms with Gasteiger partial charge in [0.05, 0.1) is 16.7 Å². The zero-order chi connectivity index (χ0) is 22.4. The molecule has 0 saturated heterocycles. The lowest BCUT2D eigenvalue weighted by Crippen LogP contribution is -2.25. The first-order valence-corrected chi connectivity index (χ1v) is 11.6. The fourth-order valence-electron chi connectivity index (χ4n) is 3.01. The molecule has 3 rings (SSSR count). The Kier molecular flexibility index (Phi) is 8.37. The van der Waals surface area contributed by atoms with Gasteiger partial charge in [0.2, 0.25) is 5.91 Å². The molecule has 0 atom stereocenters. The molecular formula is C22H23Cl2N3O3S. The van der Waals surface area contributed by atoms with Crippen LogP contribution in [0.1, 0.15) is 18.9 Å². The summed E-state index contributed by atoms with van der Waals surface area (Å²) in [6.07, 6.45) is 0.663. The van der Waals surface area contributed by atoms with Crippen LogP contribution in [0.4, 0.5) is 5.69 Å². The van der Waals surface area contributed by atoms with Crippen LogP contribution in [0.2, 0.25) is 10.0 Å². The minimum Gasteiger partial charge on any atom is -0.382 e. The number of ether oxygens (including phenoxy) is 1. The second-order valence-corrected chi connectivity index (χ2v) is 8.60. The quantitative estimate of drug-likeness (QED) is 0.260. The standard InChI is InChI=1S/C22H23Cl2N3O3S/c1-3-30-11-5-10-27-21(29)16-9-8-15(23)12-19(16)26-22(27)31-13-20(28)25-18-7-4-6-17(24)14(18)2/h4,6-9,12H,3,5,10-11,13H2,1-2H3,(H,25,28). The van der Waals surface area contributed by atoms with Crippen LogP contribution in [0.25, 0.3) is 10.9 Å². The van der Waals surface area contributed by atoms with Crippen molar-refractivity contribution in [2.24, 2.45) is 0 Å². The molecule has 0 fully saturated rings. The number of halogens is 2. The van der Waals surface area contributed by atoms with E-state index in [9.17, 15) is 9.59 Å². The normalized spacial score (nSPS) is 11.1. The van der Waals surface area contributed by atoms with Gasteiger partial charge < -0.3 is 10.1 Å². The predicted octanol–water partition coefficient (Wildman–Crippen LogP) is 5.17. The predicted molar refractivity (Wildman–Crippen MR) is 128 cm³/mol. The van der Waals surface area contributed by atoms with Crippen molar-refractivity contribution in [3.05, 3.63) is 62.4 Å². The Morgan fingerprint density at radius 3 is 2.84 bits per heavy atom. The van der Waals surface area contributed by atoms with Crippen LogP contribution < -0.4 is 10.9 Å². The average molecular weight is 480 g/mol. The molecule has 1 aromatic heterocycles. The van der Waals surface area contributed by atoms with Crippen LogP contribution in [0.5, 0.6) is 0 Å². The number of thioether (sulfide) groups is 1. The van der Waals surface area contributed by atoms with Crippen molar-refractivity contribution >= 4 is 57.5 Å². The van der Waals surface area contributed by atoms with Crippen LogP contribution >= 0.6 is 35.0 Å². The molecular weight excluding hydrogens is 457 g/mol. The van der Waals surface area contributed by atoms with Gasteiger partial charge >= 0.3 is 0 Å². The Morgan fingerprint density at radius 2 is 2.06 bits per heavy atom. The first kappa shape index (κ1) is 23.6. The lowest BCUT2D eigenvalue weighted by atomic mass is 10.2. The molecule has 9 heteroatoms. The van der Waals surface area contributed by atoms with Crippen molar-refractivity contribution in [3.8, 4) is 0 Å². The molecule has 0 aliphatic heterocycles. The number of fused-ring (bicyclic) bond motifs is 1. The van der Waals surface area contributed by atoms with Gasteiger partial charge in [-0.2, -0.15) is 0 Å². The molecule has 0 bridgehead atoms. The number of hydrogen-bond donors (Lipinski definition) is 1. The highest BCUT2D eigenvalue weighted by Gasteiger charge is 2.14. The van der Waals surface area contributed by atoms with Gasteiger partial charge in [-0.25, -0.2) is 4.98 Å². The summed E-state index contributed by atoms with van der Waals surface area (Å²) >= 11 is 13.4. The molecule has 6 nitrogen and oxygen atoms in total. The maximum Gasteiger partial charge on any atom is 0.262 e. The number of anilines is 1. The van der Waals surface area contributed by atoms with E-state index in [1.165, 1.54) is 11.8 Å². The summed E-state index contributed by atoms with van der Waals surface area (Å²) in [4.78, 5) is 30.2. The highest BCUT2D eigenvalue weighted by molar-refractivity contribution is 7.99. The second kappa shape index (κ2) is 11.0. The SMILES string of the molecule is CCOCCCn1c(SCC(=O)Nc2cccc(Cl)c2C)nc2cc(Cl)ccc2c1=O. The highest BCUT2D eigenvalue weighted by Crippen LogP contribution is 2.24. The number of benzene rings is 2. The smallest absolute Gasteiger partial charge is 0.262 e. The number of carbonyl (C=O) groups excluding carboxylic acids is 1. The first-order valence-electron chi connectivity index (χ1n) is 9.86. The van der Waals surface area contributed by atoms with E-state index < -0.39 is 0 Å². The van der Waals surface area contributed by atoms with Crippen molar-refractivity contribution < 1.29 is 9.53 Å². The molecule has 1 amide bonds. The molecule has 0 unspecified atom stereocenters. The van der Waals surface area contributed by atoms with Gasteiger partial charge in [0.25, 0.3) is 5.56 Å². The Morgan fingerprint density at radius 1 is 1.26 bits per heavy atom. The molecule has 0 aliphatic carbocycles. The van der Waals surface area contributed by atoms with E-state index in [0.717, 1.165) is 5.56 Å². The summed E-state index contributed by atoms with van der Waals surface area (Å²) in [5.41, 5.74) is 1.80. The van der Waals surface area contributed by atoms with E-state index in [2.05, 4.69) is 10.3 Å². The number of carbonyl (C=O) groups is 1. The zero-order valence-electron chi connectivity index (χ0n) is 17.3. The van der Waals surface area contributed by atoms with E-state index in [0.29, 0.717) is 58.0 Å². The molecule has 0 radical (unpaired) electrons. The third-order valence-electron chi connectivity index (χ3n) is 4.63. The number of rotatable bonds is 9. The van der Waals surface area contributed by atoms with Crippen LogP contribution in [-0.2, 0) is 16.1 Å². The minimum atomic E-state index is -0.211. The molecule has 0 spiro atoms. The van der Waals surface area contributed by atoms with E-state index in [1.807, 2.05) is 13.8 Å². The molecule has 164 valence electrons. The molecule has 2 aromatic carbocycles. The van der Waals surface area contributed by atoms with E-state index in [4.69, 9.17) is 27.9 Å². The van der Waals surface area contributed by atoms with Gasteiger partial charge in [-0.3, -0.25) is 14.2 Å². The highest BCUT2D eigenvalue weighted by atomic mass is 35.5. The number of hydrogen-bond acceptors (Lipinski definition) is 5. The van der Waals surface area contributed by atoms with Crippen LogP contribution in [-0.4, -0.2) is 34.4 Å². The lowest BCUT2D eigenvalue weighted by Gasteiger charge is -2.14. The summed E-state index contributed by atoms with van der Waals surface area (Å²) in [5, 5.41) is 4.90. The van der Waals surface area contributed by atoms with E-state index in [1.54, 1.807) is 41.0 Å². The summed E-state index contributed by atoms with van der Waals surface area (Å²) in [5.74, 6) is -0.118. The summed E-state index contributed by atoms with van der Waals surface area (Å²) in [7, 11) is 0. The first-order chi connectivity index (χ1) is 14.9. The minimum absolute atomic E-state index is 0.0932. The topological polar surface area (TPSA) is 73.2 Å². The van der Waals surface area contributed by atoms with Crippen molar-refractivity contribution in [1.29, 1.82) is 0 Å². The molecule has 31 heavy (non-hydrogen) atoms. The number of aromatic nitrogens is 2. The maximum atomic E-state index is 13.1. The van der Waals surface area contributed by atoms with E-state index >= 15 is 0 Å². The monoisotopic (exact) mass is 479 g/mol. The molecule has 0 aliphatic rings. The van der Waals surface area contributed by atoms with Crippen LogP contribution in [0, 0.1) is 6.92 Å². The lowest BCUT2D eigenvalue weighted by molar-refractivity contribution is -0.113. The van der Waals surface area contributed by atoms with E-state index in [-0.39, 0.29) is 17.2 Å². The van der Waals surface area contributed by atoms with Gasteiger partial charge in [-0.15, -0.1) is 0 Å². The van der Waals surface area contributed by atoms with Gasteiger partial charge in [0, 0.05) is 35.5 Å². The maximum absolute atomic E-state index is 13.1. The summed E-state index contributed by atoms with van der Waals surface area (Å²) < 4.78 is 6.98. The van der Waals surface area contributed by atoms with Gasteiger partial charge in [0.1, 0.15) is 0 Å². The fraction of sp³-hybridized carbons (Fsp3) is 0.318. The molecule has 0 saturated carbocycles. The van der Waals surface area contributed by atoms with Crippen molar-refractivity contribution in [2.75, 3.05) is 24.3 Å². The average Bonchev–Trinajstić information content (AvgIpc) is 2.74. The van der Waals surface area contributed by atoms with Crippen molar-refractivity contribution in [2.45, 2.75) is 32.0 Å². The van der Waals surface area contributed by atoms with Crippen LogP contribution in [0.15, 0.2) is 46.3 Å². The Balaban J connectivity index is 1.82. The summed E-state index contributed by atoms with van der Waals surface area (Å²) in [6.45, 7) is 5.38. The Labute approximate surface area is 194 Å². The van der Waals surface area contributed by atoms with Crippen molar-refractivity contribution in [3.63, 3.8) is 0 Å². The number of nitrogens with zero attached hydrogens (tertiary/aromatic N) is 2. The summed E-state index contributed by atoms with van der Waals surface area (Å²) in [6, 6.07) is 10.3. The molecule has 1 heterocycles. The van der Waals surface area contributed by atoms with Gasteiger partial charge in [-0.1, -0.05) is 41.0 Å². The van der Waals surface area contributed by atoms with Crippen molar-refractivity contribution in [1.82, 2.24) is 9.55 Å². The van der Waals surface area contributed by atoms with Gasteiger partial charge in [-0.05, 0) is 56.2 Å². The van der Waals surface area contributed by atoms with Crippen LogP contribution in [0.3, 0.4) is 0 Å². The zero-order valence-corrected chi connectivity index (χ0v) is 19.6. The van der Waals surface area contributed by atoms with Gasteiger partial charge in [0.15, 0.2) is 5.16 Å². The number of amides is 1. The molecule has 3 aromatic rings. The number of nitrogens with one attached hydrogen (secondary N) is 1. The largest absolute Gasteiger partial charge is 0.382 e. The Hall–Kier alpha value is -2.06. The second-order valence-electron chi connectivity index (χ2n) is 6.81. The third-order valence-corrected chi connectivity index (χ3v) is 6.25. The molecule has 1 N–H and O–H groups in total. The fourth-order valence-corrected chi connectivity index (χ4v) is 4.18.